The molecule has 2 amide bonds. The quantitative estimate of drug-likeness (QED) is 0.403. The number of aromatic nitrogens is 1. The highest BCUT2D eigenvalue weighted by Gasteiger charge is 2.18. The predicted molar refractivity (Wildman–Crippen MR) is 131 cm³/mol. The van der Waals surface area contributed by atoms with E-state index in [1.54, 1.807) is 32.0 Å². The van der Waals surface area contributed by atoms with Gasteiger partial charge < -0.3 is 25.2 Å². The number of rotatable bonds is 8. The molecule has 1 aromatic heterocycles. The largest absolute Gasteiger partial charge is 0.507 e. The first kappa shape index (κ1) is 25.2. The first-order valence-corrected chi connectivity index (χ1v) is 11.0. The van der Waals surface area contributed by atoms with E-state index < -0.39 is 17.8 Å². The Labute approximate surface area is 203 Å². The van der Waals surface area contributed by atoms with Gasteiger partial charge in [-0.05, 0) is 70.2 Å². The van der Waals surface area contributed by atoms with E-state index >= 15 is 0 Å². The summed E-state index contributed by atoms with van der Waals surface area (Å²) in [5, 5.41) is 15.7. The number of hydrogen-bond donors (Lipinski definition) is 3. The maximum atomic E-state index is 12.9. The van der Waals surface area contributed by atoms with Gasteiger partial charge in [0.1, 0.15) is 17.2 Å². The molecule has 3 rings (SSSR count). The second-order valence-corrected chi connectivity index (χ2v) is 8.19. The van der Waals surface area contributed by atoms with Gasteiger partial charge in [-0.3, -0.25) is 14.6 Å². The summed E-state index contributed by atoms with van der Waals surface area (Å²) in [6.45, 7) is 7.13. The van der Waals surface area contributed by atoms with Gasteiger partial charge in [0.2, 0.25) is 0 Å². The number of amides is 2. The lowest BCUT2D eigenvalue weighted by Crippen LogP contribution is -2.17. The number of phenols is 1. The van der Waals surface area contributed by atoms with E-state index in [1.165, 1.54) is 42.6 Å². The number of nitrogens with zero attached hydrogens (tertiary/aromatic N) is 1. The third-order valence-corrected chi connectivity index (χ3v) is 4.57. The molecular formula is C26H27N3O6. The van der Waals surface area contributed by atoms with Gasteiger partial charge in [0.15, 0.2) is 0 Å². The van der Waals surface area contributed by atoms with Crippen LogP contribution in [0.2, 0.25) is 0 Å². The van der Waals surface area contributed by atoms with Crippen molar-refractivity contribution in [3.8, 4) is 11.5 Å². The number of carbonyl (C=O) groups excluding carboxylic acids is 3. The molecule has 3 N–H and O–H groups in total. The highest BCUT2D eigenvalue weighted by Crippen LogP contribution is 2.30. The maximum Gasteiger partial charge on any atom is 0.338 e. The summed E-state index contributed by atoms with van der Waals surface area (Å²) < 4.78 is 11.0. The first-order chi connectivity index (χ1) is 16.6. The van der Waals surface area contributed by atoms with Gasteiger partial charge >= 0.3 is 5.97 Å². The number of benzene rings is 2. The molecule has 0 atom stereocenters. The van der Waals surface area contributed by atoms with Crippen LogP contribution in [0, 0.1) is 0 Å². The number of esters is 1. The summed E-state index contributed by atoms with van der Waals surface area (Å²) in [5.74, 6) is -1.60. The van der Waals surface area contributed by atoms with Crippen LogP contribution in [-0.2, 0) is 4.74 Å². The lowest BCUT2D eigenvalue weighted by Gasteiger charge is -2.17. The molecule has 0 unspecified atom stereocenters. The summed E-state index contributed by atoms with van der Waals surface area (Å²) in [4.78, 5) is 41.4. The minimum atomic E-state index is -0.601. The molecule has 182 valence electrons. The predicted octanol–water partition coefficient (Wildman–Crippen LogP) is 4.64. The van der Waals surface area contributed by atoms with Gasteiger partial charge in [-0.2, -0.15) is 0 Å². The summed E-state index contributed by atoms with van der Waals surface area (Å²) in [6, 6.07) is 13.6. The molecule has 0 radical (unpaired) electrons. The van der Waals surface area contributed by atoms with E-state index in [2.05, 4.69) is 15.6 Å². The Hall–Kier alpha value is -4.40. The van der Waals surface area contributed by atoms with Crippen molar-refractivity contribution in [2.24, 2.45) is 0 Å². The fraction of sp³-hybridized carbons (Fsp3) is 0.231. The minimum absolute atomic E-state index is 0.0142. The zero-order chi connectivity index (χ0) is 25.5. The molecule has 0 spiro atoms. The Kier molecular flexibility index (Phi) is 8.04. The van der Waals surface area contributed by atoms with Gasteiger partial charge in [0, 0.05) is 18.0 Å². The van der Waals surface area contributed by atoms with Crippen LogP contribution in [0.1, 0.15) is 58.9 Å². The first-order valence-electron chi connectivity index (χ1n) is 11.0. The van der Waals surface area contributed by atoms with E-state index in [9.17, 15) is 19.5 Å². The van der Waals surface area contributed by atoms with Crippen molar-refractivity contribution in [1.82, 2.24) is 4.98 Å². The fourth-order valence-corrected chi connectivity index (χ4v) is 3.07. The van der Waals surface area contributed by atoms with Crippen LogP contribution in [0.3, 0.4) is 0 Å². The Balaban J connectivity index is 1.78. The number of aromatic hydroxyl groups is 1. The monoisotopic (exact) mass is 477 g/mol. The van der Waals surface area contributed by atoms with Crippen molar-refractivity contribution < 1.29 is 29.0 Å². The zero-order valence-electron chi connectivity index (χ0n) is 19.9. The van der Waals surface area contributed by atoms with Crippen LogP contribution in [0.4, 0.5) is 11.4 Å². The van der Waals surface area contributed by atoms with Gasteiger partial charge in [-0.1, -0.05) is 6.07 Å². The minimum Gasteiger partial charge on any atom is -0.507 e. The highest BCUT2D eigenvalue weighted by atomic mass is 16.5. The molecule has 0 aliphatic heterocycles. The SMILES string of the molecule is CC(C)OC(=O)c1ccc(NC(=O)c2ccc(NC(=O)c3ccccn3)cc2O)c(OC(C)C)c1. The number of ether oxygens (including phenoxy) is 2. The average molecular weight is 478 g/mol. The molecule has 2 aromatic carbocycles. The second-order valence-electron chi connectivity index (χ2n) is 8.19. The molecule has 35 heavy (non-hydrogen) atoms. The number of nitrogens with one attached hydrogen (secondary N) is 2. The molecule has 0 saturated heterocycles. The van der Waals surface area contributed by atoms with Crippen LogP contribution in [-0.4, -0.2) is 40.1 Å². The van der Waals surface area contributed by atoms with Crippen molar-refractivity contribution in [2.45, 2.75) is 39.9 Å². The van der Waals surface area contributed by atoms with Crippen LogP contribution < -0.4 is 15.4 Å². The summed E-state index contributed by atoms with van der Waals surface area (Å²) in [5.41, 5.74) is 1.10. The molecule has 0 aliphatic carbocycles. The Morgan fingerprint density at radius 2 is 1.66 bits per heavy atom. The average Bonchev–Trinajstić information content (AvgIpc) is 2.80. The van der Waals surface area contributed by atoms with Crippen molar-refractivity contribution in [2.75, 3.05) is 10.6 Å². The van der Waals surface area contributed by atoms with Gasteiger partial charge in [-0.25, -0.2) is 4.79 Å². The van der Waals surface area contributed by atoms with E-state index in [0.29, 0.717) is 11.4 Å². The van der Waals surface area contributed by atoms with Crippen molar-refractivity contribution in [3.05, 3.63) is 77.6 Å². The lowest BCUT2D eigenvalue weighted by molar-refractivity contribution is 0.0377. The highest BCUT2D eigenvalue weighted by molar-refractivity contribution is 6.08. The Bertz CT molecular complexity index is 1230. The molecule has 0 aliphatic rings. The van der Waals surface area contributed by atoms with Crippen molar-refractivity contribution in [3.63, 3.8) is 0 Å². The Morgan fingerprint density at radius 3 is 2.29 bits per heavy atom. The van der Waals surface area contributed by atoms with Gasteiger partial charge in [0.05, 0.1) is 29.0 Å². The number of phenolic OH excluding ortho intramolecular Hbond substituents is 1. The van der Waals surface area contributed by atoms with E-state index in [0.717, 1.165) is 0 Å². The third kappa shape index (κ3) is 6.80. The van der Waals surface area contributed by atoms with E-state index in [-0.39, 0.29) is 40.5 Å². The van der Waals surface area contributed by atoms with Crippen molar-refractivity contribution in [1.29, 1.82) is 0 Å². The molecule has 9 nitrogen and oxygen atoms in total. The van der Waals surface area contributed by atoms with E-state index in [4.69, 9.17) is 9.47 Å². The topological polar surface area (TPSA) is 127 Å². The molecule has 0 saturated carbocycles. The summed E-state index contributed by atoms with van der Waals surface area (Å²) >= 11 is 0. The summed E-state index contributed by atoms with van der Waals surface area (Å²) in [6.07, 6.45) is 0.991. The molecule has 0 fully saturated rings. The number of hydrogen-bond acceptors (Lipinski definition) is 7. The molecule has 1 heterocycles. The fourth-order valence-electron chi connectivity index (χ4n) is 3.07. The molecule has 9 heteroatoms. The second kappa shape index (κ2) is 11.1. The van der Waals surface area contributed by atoms with Crippen LogP contribution in [0.15, 0.2) is 60.8 Å². The van der Waals surface area contributed by atoms with Crippen molar-refractivity contribution >= 4 is 29.2 Å². The van der Waals surface area contributed by atoms with Crippen LogP contribution in [0.25, 0.3) is 0 Å². The van der Waals surface area contributed by atoms with E-state index in [1.807, 2.05) is 13.8 Å². The molecular weight excluding hydrogens is 450 g/mol. The van der Waals surface area contributed by atoms with Crippen LogP contribution >= 0.6 is 0 Å². The zero-order valence-corrected chi connectivity index (χ0v) is 19.9. The smallest absolute Gasteiger partial charge is 0.338 e. The molecule has 3 aromatic rings. The van der Waals surface area contributed by atoms with Gasteiger partial charge in [0.25, 0.3) is 11.8 Å². The maximum absolute atomic E-state index is 12.9. The number of anilines is 2. The summed E-state index contributed by atoms with van der Waals surface area (Å²) in [7, 11) is 0. The van der Waals surface area contributed by atoms with Crippen LogP contribution in [0.5, 0.6) is 11.5 Å². The standard InChI is InChI=1S/C26H27N3O6/c1-15(2)34-23-13-17(26(33)35-16(3)4)8-11-20(23)29-24(31)19-10-9-18(14-22(19)30)28-25(32)21-7-5-6-12-27-21/h5-16,30H,1-4H3,(H,28,32)(H,29,31). The molecule has 0 bridgehead atoms. The number of carbonyl (C=O) groups is 3. The van der Waals surface area contributed by atoms with Gasteiger partial charge in [-0.15, -0.1) is 0 Å². The number of pyridine rings is 1. The Morgan fingerprint density at radius 1 is 0.886 bits per heavy atom. The normalized spacial score (nSPS) is 10.7. The third-order valence-electron chi connectivity index (χ3n) is 4.57. The lowest BCUT2D eigenvalue weighted by atomic mass is 10.1.